The van der Waals surface area contributed by atoms with Crippen LogP contribution in [0.15, 0.2) is 22.8 Å². The lowest BCUT2D eigenvalue weighted by Crippen LogP contribution is -2.61. The zero-order valence-corrected chi connectivity index (χ0v) is 9.50. The number of carbonyl (C=O) groups is 2. The summed E-state index contributed by atoms with van der Waals surface area (Å²) in [5.74, 6) is -3.49. The first-order valence-electron chi connectivity index (χ1n) is 4.73. The van der Waals surface area contributed by atoms with Crippen LogP contribution >= 0.6 is 0 Å². The summed E-state index contributed by atoms with van der Waals surface area (Å²) < 4.78 is 48.2. The topological polar surface area (TPSA) is 68.5 Å². The Bertz CT molecular complexity index is 440. The molecule has 0 radical (unpaired) electrons. The Balaban J connectivity index is 3.46. The van der Waals surface area contributed by atoms with E-state index >= 15 is 0 Å². The molecule has 8 heteroatoms. The van der Waals surface area contributed by atoms with Crippen molar-refractivity contribution in [3.05, 3.63) is 24.2 Å². The number of alkyl halides is 3. The molecule has 1 N–H and O–H groups in total. The Morgan fingerprint density at radius 3 is 2.33 bits per heavy atom. The molecule has 1 aromatic heterocycles. The van der Waals surface area contributed by atoms with Crippen LogP contribution in [-0.4, -0.2) is 25.2 Å². The van der Waals surface area contributed by atoms with Crippen molar-refractivity contribution < 1.29 is 31.9 Å². The minimum absolute atomic E-state index is 0.767. The molecule has 1 rings (SSSR count). The number of nitrogens with one attached hydrogen (secondary N) is 1. The van der Waals surface area contributed by atoms with Gasteiger partial charge in [-0.3, -0.25) is 4.79 Å². The lowest BCUT2D eigenvalue weighted by molar-refractivity contribution is -0.219. The highest BCUT2D eigenvalue weighted by molar-refractivity contribution is 5.88. The maximum absolute atomic E-state index is 13.2. The quantitative estimate of drug-likeness (QED) is 0.837. The molecule has 0 aliphatic heterocycles. The number of methoxy groups -OCH3 is 1. The van der Waals surface area contributed by atoms with Crippen molar-refractivity contribution in [1.82, 2.24) is 5.32 Å². The molecule has 0 spiro atoms. The van der Waals surface area contributed by atoms with Crippen molar-refractivity contribution in [2.75, 3.05) is 7.11 Å². The van der Waals surface area contributed by atoms with Gasteiger partial charge in [0.05, 0.1) is 13.4 Å². The van der Waals surface area contributed by atoms with Crippen molar-refractivity contribution >= 4 is 11.9 Å². The van der Waals surface area contributed by atoms with E-state index in [1.54, 1.807) is 5.32 Å². The average molecular weight is 265 g/mol. The number of hydrogen-bond donors (Lipinski definition) is 1. The monoisotopic (exact) mass is 265 g/mol. The second kappa shape index (κ2) is 4.71. The normalized spacial score (nSPS) is 14.7. The summed E-state index contributed by atoms with van der Waals surface area (Å²) in [6.07, 6.45) is -4.15. The van der Waals surface area contributed by atoms with Gasteiger partial charge in [0.2, 0.25) is 5.91 Å². The molecule has 5 nitrogen and oxygen atoms in total. The average Bonchev–Trinajstić information content (AvgIpc) is 2.76. The fraction of sp³-hybridized carbons (Fsp3) is 0.400. The highest BCUT2D eigenvalue weighted by Crippen LogP contribution is 2.40. The Morgan fingerprint density at radius 2 is 2.00 bits per heavy atom. The molecule has 0 aromatic carbocycles. The molecular weight excluding hydrogens is 255 g/mol. The minimum atomic E-state index is -5.11. The summed E-state index contributed by atoms with van der Waals surface area (Å²) in [5.41, 5.74) is -3.34. The van der Waals surface area contributed by atoms with Crippen LogP contribution in [0.25, 0.3) is 0 Å². The maximum atomic E-state index is 13.2. The van der Waals surface area contributed by atoms with E-state index in [1.165, 1.54) is 6.07 Å². The summed E-state index contributed by atoms with van der Waals surface area (Å²) in [4.78, 5) is 22.5. The molecule has 0 saturated heterocycles. The highest BCUT2D eigenvalue weighted by Gasteiger charge is 2.65. The number of ether oxygens (including phenoxy) is 1. The minimum Gasteiger partial charge on any atom is -0.467 e. The number of amides is 1. The van der Waals surface area contributed by atoms with Gasteiger partial charge in [-0.2, -0.15) is 13.2 Å². The largest absolute Gasteiger partial charge is 0.467 e. The molecule has 100 valence electrons. The molecule has 18 heavy (non-hydrogen) atoms. The maximum Gasteiger partial charge on any atom is 0.429 e. The molecule has 0 aliphatic carbocycles. The molecule has 1 atom stereocenters. The first-order chi connectivity index (χ1) is 8.25. The zero-order valence-electron chi connectivity index (χ0n) is 9.50. The SMILES string of the molecule is COC(=O)[C@](NC(C)=O)(c1ccco1)C(F)(F)F. The fourth-order valence-electron chi connectivity index (χ4n) is 1.45. The molecule has 0 unspecified atom stereocenters. The van der Waals surface area contributed by atoms with E-state index in [0.29, 0.717) is 0 Å². The zero-order chi connectivity index (χ0) is 14.0. The van der Waals surface area contributed by atoms with E-state index < -0.39 is 29.4 Å². The third-order valence-electron chi connectivity index (χ3n) is 2.17. The molecule has 1 aromatic rings. The van der Waals surface area contributed by atoms with Crippen LogP contribution in [-0.2, 0) is 19.9 Å². The van der Waals surface area contributed by atoms with Gasteiger partial charge in [0.25, 0.3) is 5.54 Å². The number of esters is 1. The summed E-state index contributed by atoms with van der Waals surface area (Å²) in [6, 6.07) is 2.10. The summed E-state index contributed by atoms with van der Waals surface area (Å²) in [7, 11) is 0.785. The first-order valence-corrected chi connectivity index (χ1v) is 4.73. The number of furan rings is 1. The van der Waals surface area contributed by atoms with Gasteiger partial charge in [0, 0.05) is 6.92 Å². The lowest BCUT2D eigenvalue weighted by Gasteiger charge is -2.31. The Kier molecular flexibility index (Phi) is 3.68. The van der Waals surface area contributed by atoms with Crippen LogP contribution in [0, 0.1) is 0 Å². The summed E-state index contributed by atoms with van der Waals surface area (Å²) in [5, 5.41) is 1.55. The van der Waals surface area contributed by atoms with Crippen LogP contribution in [0.1, 0.15) is 12.7 Å². The van der Waals surface area contributed by atoms with Gasteiger partial charge in [0.15, 0.2) is 0 Å². The molecule has 1 heterocycles. The van der Waals surface area contributed by atoms with Gasteiger partial charge >= 0.3 is 12.1 Å². The van der Waals surface area contributed by atoms with Gasteiger partial charge < -0.3 is 14.5 Å². The van der Waals surface area contributed by atoms with Crippen molar-refractivity contribution in [3.8, 4) is 0 Å². The van der Waals surface area contributed by atoms with Gasteiger partial charge in [-0.25, -0.2) is 4.79 Å². The van der Waals surface area contributed by atoms with Crippen molar-refractivity contribution in [1.29, 1.82) is 0 Å². The second-order valence-corrected chi connectivity index (χ2v) is 3.40. The summed E-state index contributed by atoms with van der Waals surface area (Å²) >= 11 is 0. The van der Waals surface area contributed by atoms with Gasteiger partial charge in [-0.1, -0.05) is 0 Å². The van der Waals surface area contributed by atoms with E-state index in [9.17, 15) is 22.8 Å². The molecule has 0 saturated carbocycles. The van der Waals surface area contributed by atoms with E-state index in [-0.39, 0.29) is 0 Å². The molecule has 0 fully saturated rings. The van der Waals surface area contributed by atoms with Crippen LogP contribution in [0.3, 0.4) is 0 Å². The third kappa shape index (κ3) is 2.18. The van der Waals surface area contributed by atoms with Crippen molar-refractivity contribution in [2.45, 2.75) is 18.6 Å². The fourth-order valence-corrected chi connectivity index (χ4v) is 1.45. The lowest BCUT2D eigenvalue weighted by atomic mass is 9.95. The third-order valence-corrected chi connectivity index (χ3v) is 2.17. The smallest absolute Gasteiger partial charge is 0.429 e. The predicted molar refractivity (Wildman–Crippen MR) is 52.3 cm³/mol. The van der Waals surface area contributed by atoms with E-state index in [2.05, 4.69) is 9.15 Å². The predicted octanol–water partition coefficient (Wildman–Crippen LogP) is 1.35. The number of rotatable bonds is 3. The Morgan fingerprint density at radius 1 is 1.39 bits per heavy atom. The number of carbonyl (C=O) groups excluding carboxylic acids is 2. The van der Waals surface area contributed by atoms with E-state index in [1.807, 2.05) is 0 Å². The van der Waals surface area contributed by atoms with Crippen LogP contribution < -0.4 is 5.32 Å². The van der Waals surface area contributed by atoms with Crippen LogP contribution in [0.5, 0.6) is 0 Å². The Labute approximate surface area is 99.9 Å². The molecule has 1 amide bonds. The number of hydrogen-bond acceptors (Lipinski definition) is 4. The standard InChI is InChI=1S/C10H10F3NO4/c1-6(15)14-9(8(16)17-2,10(11,12)13)7-4-3-5-18-7/h3-5H,1-2H3,(H,14,15)/t9-/m1/s1. The van der Waals surface area contributed by atoms with Crippen molar-refractivity contribution in [2.24, 2.45) is 0 Å². The first kappa shape index (κ1) is 14.1. The van der Waals surface area contributed by atoms with E-state index in [0.717, 1.165) is 26.4 Å². The molecule has 0 bridgehead atoms. The highest BCUT2D eigenvalue weighted by atomic mass is 19.4. The molecule has 0 aliphatic rings. The van der Waals surface area contributed by atoms with Gasteiger partial charge in [0.1, 0.15) is 5.76 Å². The van der Waals surface area contributed by atoms with E-state index in [4.69, 9.17) is 0 Å². The second-order valence-electron chi connectivity index (χ2n) is 3.40. The van der Waals surface area contributed by atoms with Crippen LogP contribution in [0.4, 0.5) is 13.2 Å². The van der Waals surface area contributed by atoms with Gasteiger partial charge in [-0.05, 0) is 12.1 Å². The van der Waals surface area contributed by atoms with Crippen molar-refractivity contribution in [3.63, 3.8) is 0 Å². The molecular formula is C10H10F3NO4. The summed E-state index contributed by atoms with van der Waals surface area (Å²) in [6.45, 7) is 0.854. The van der Waals surface area contributed by atoms with Gasteiger partial charge in [-0.15, -0.1) is 0 Å². The van der Waals surface area contributed by atoms with Crippen LogP contribution in [0.2, 0.25) is 0 Å². The number of halogens is 3. The Hall–Kier alpha value is -1.99.